The highest BCUT2D eigenvalue weighted by Crippen LogP contribution is 2.16. The normalized spacial score (nSPS) is 10.8. The van der Waals surface area contributed by atoms with E-state index < -0.39 is 0 Å². The van der Waals surface area contributed by atoms with Crippen LogP contribution in [0.4, 0.5) is 0 Å². The van der Waals surface area contributed by atoms with Crippen LogP contribution < -0.4 is 5.69 Å². The fourth-order valence-corrected chi connectivity index (χ4v) is 1.35. The summed E-state index contributed by atoms with van der Waals surface area (Å²) in [5.74, 6) is 0. The summed E-state index contributed by atoms with van der Waals surface area (Å²) in [6, 6.07) is 1.83. The molecule has 0 aliphatic carbocycles. The van der Waals surface area contributed by atoms with Crippen molar-refractivity contribution in [2.45, 2.75) is 6.92 Å². The maximum Gasteiger partial charge on any atom is 0.325 e. The van der Waals surface area contributed by atoms with Crippen LogP contribution in [0.1, 0.15) is 5.69 Å². The highest BCUT2D eigenvalue weighted by Gasteiger charge is 2.02. The van der Waals surface area contributed by atoms with E-state index in [4.69, 9.17) is 0 Å². The van der Waals surface area contributed by atoms with Crippen LogP contribution in [0, 0.1) is 6.92 Å². The number of hydrogen-bond donors (Lipinski definition) is 2. The Morgan fingerprint density at radius 3 is 3.00 bits per heavy atom. The van der Waals surface area contributed by atoms with Crippen molar-refractivity contribution in [2.75, 3.05) is 0 Å². The SMILES string of the molecule is Cc1nc2[nH]c(=O)[nH]c2cc1Br. The van der Waals surface area contributed by atoms with Gasteiger partial charge in [0, 0.05) is 4.47 Å². The molecule has 0 aliphatic heterocycles. The molecule has 0 saturated heterocycles. The molecule has 2 heterocycles. The fraction of sp³-hybridized carbons (Fsp3) is 0.143. The van der Waals surface area contributed by atoms with E-state index in [2.05, 4.69) is 30.9 Å². The Balaban J connectivity index is 2.92. The van der Waals surface area contributed by atoms with E-state index in [9.17, 15) is 4.79 Å². The van der Waals surface area contributed by atoms with Crippen LogP contribution in [-0.4, -0.2) is 15.0 Å². The lowest BCUT2D eigenvalue weighted by Gasteiger charge is -1.94. The molecule has 4 nitrogen and oxygen atoms in total. The molecular formula is C7H6BrN3O. The Hall–Kier alpha value is -1.10. The Morgan fingerprint density at radius 2 is 2.25 bits per heavy atom. The first-order valence-corrected chi connectivity index (χ1v) is 4.21. The largest absolute Gasteiger partial charge is 0.325 e. The zero-order chi connectivity index (χ0) is 8.72. The van der Waals surface area contributed by atoms with E-state index in [1.165, 1.54) is 0 Å². The smallest absolute Gasteiger partial charge is 0.304 e. The summed E-state index contributed by atoms with van der Waals surface area (Å²) < 4.78 is 0.894. The van der Waals surface area contributed by atoms with Crippen LogP contribution in [0.15, 0.2) is 15.3 Å². The third-order valence-electron chi connectivity index (χ3n) is 1.63. The van der Waals surface area contributed by atoms with Gasteiger partial charge in [-0.1, -0.05) is 0 Å². The summed E-state index contributed by atoms with van der Waals surface area (Å²) >= 11 is 3.33. The first kappa shape index (κ1) is 7.54. The molecule has 62 valence electrons. The topological polar surface area (TPSA) is 61.5 Å². The average molecular weight is 228 g/mol. The van der Waals surface area contributed by atoms with Gasteiger partial charge in [-0.05, 0) is 28.9 Å². The summed E-state index contributed by atoms with van der Waals surface area (Å²) in [7, 11) is 0. The van der Waals surface area contributed by atoms with Gasteiger partial charge in [0.05, 0.1) is 11.2 Å². The summed E-state index contributed by atoms with van der Waals surface area (Å²) in [5, 5.41) is 0. The van der Waals surface area contributed by atoms with Gasteiger partial charge in [0.2, 0.25) is 0 Å². The van der Waals surface area contributed by atoms with Crippen LogP contribution in [0.3, 0.4) is 0 Å². The second-order valence-electron chi connectivity index (χ2n) is 2.53. The number of imidazole rings is 1. The number of H-pyrrole nitrogens is 2. The van der Waals surface area contributed by atoms with Gasteiger partial charge in [-0.15, -0.1) is 0 Å². The molecule has 0 amide bonds. The summed E-state index contributed by atoms with van der Waals surface area (Å²) in [4.78, 5) is 20.2. The van der Waals surface area contributed by atoms with E-state index in [1.807, 2.05) is 13.0 Å². The first-order chi connectivity index (χ1) is 5.66. The molecule has 0 aliphatic rings. The minimum Gasteiger partial charge on any atom is -0.304 e. The summed E-state index contributed by atoms with van der Waals surface area (Å²) in [5.41, 5.74) is 1.95. The van der Waals surface area contributed by atoms with Crippen molar-refractivity contribution >= 4 is 27.1 Å². The second kappa shape index (κ2) is 2.45. The molecule has 2 N–H and O–H groups in total. The Labute approximate surface area is 76.2 Å². The molecule has 0 atom stereocenters. The summed E-state index contributed by atoms with van der Waals surface area (Å²) in [6.07, 6.45) is 0. The molecule has 0 saturated carbocycles. The van der Waals surface area contributed by atoms with Crippen molar-refractivity contribution in [3.63, 3.8) is 0 Å². The number of fused-ring (bicyclic) bond motifs is 1. The monoisotopic (exact) mass is 227 g/mol. The van der Waals surface area contributed by atoms with Gasteiger partial charge in [-0.25, -0.2) is 9.78 Å². The van der Waals surface area contributed by atoms with Gasteiger partial charge in [0.15, 0.2) is 5.65 Å². The van der Waals surface area contributed by atoms with Gasteiger partial charge >= 0.3 is 5.69 Å². The van der Waals surface area contributed by atoms with Crippen LogP contribution in [0.5, 0.6) is 0 Å². The molecule has 0 radical (unpaired) electrons. The zero-order valence-electron chi connectivity index (χ0n) is 6.31. The molecule has 2 rings (SSSR count). The third kappa shape index (κ3) is 1.06. The van der Waals surface area contributed by atoms with E-state index >= 15 is 0 Å². The molecule has 0 fully saturated rings. The second-order valence-corrected chi connectivity index (χ2v) is 3.39. The summed E-state index contributed by atoms with van der Waals surface area (Å²) in [6.45, 7) is 1.87. The van der Waals surface area contributed by atoms with Crippen molar-refractivity contribution in [2.24, 2.45) is 0 Å². The van der Waals surface area contributed by atoms with Crippen molar-refractivity contribution in [3.8, 4) is 0 Å². The molecular weight excluding hydrogens is 222 g/mol. The van der Waals surface area contributed by atoms with Gasteiger partial charge in [-0.3, -0.25) is 4.98 Å². The van der Waals surface area contributed by atoms with Gasteiger partial charge in [-0.2, -0.15) is 0 Å². The van der Waals surface area contributed by atoms with Crippen molar-refractivity contribution in [1.82, 2.24) is 15.0 Å². The molecule has 0 spiro atoms. The van der Waals surface area contributed by atoms with Gasteiger partial charge < -0.3 is 4.98 Å². The number of rotatable bonds is 0. The molecule has 5 heteroatoms. The van der Waals surface area contributed by atoms with Crippen molar-refractivity contribution in [3.05, 3.63) is 26.7 Å². The molecule has 0 bridgehead atoms. The first-order valence-electron chi connectivity index (χ1n) is 3.42. The van der Waals surface area contributed by atoms with Gasteiger partial charge in [0.1, 0.15) is 0 Å². The highest BCUT2D eigenvalue weighted by molar-refractivity contribution is 9.10. The number of aryl methyl sites for hydroxylation is 1. The van der Waals surface area contributed by atoms with Crippen LogP contribution >= 0.6 is 15.9 Å². The van der Waals surface area contributed by atoms with Crippen molar-refractivity contribution in [1.29, 1.82) is 0 Å². The quantitative estimate of drug-likeness (QED) is 0.714. The van der Waals surface area contributed by atoms with Gasteiger partial charge in [0.25, 0.3) is 0 Å². The molecule has 2 aromatic heterocycles. The number of aromatic nitrogens is 3. The highest BCUT2D eigenvalue weighted by atomic mass is 79.9. The Morgan fingerprint density at radius 1 is 1.50 bits per heavy atom. The lowest BCUT2D eigenvalue weighted by atomic mass is 10.3. The number of halogens is 1. The molecule has 2 aromatic rings. The minimum absolute atomic E-state index is 0.227. The maximum absolute atomic E-state index is 10.8. The van der Waals surface area contributed by atoms with Crippen LogP contribution in [-0.2, 0) is 0 Å². The maximum atomic E-state index is 10.8. The number of hydrogen-bond acceptors (Lipinski definition) is 2. The fourth-order valence-electron chi connectivity index (χ4n) is 1.03. The van der Waals surface area contributed by atoms with E-state index in [-0.39, 0.29) is 5.69 Å². The lowest BCUT2D eigenvalue weighted by Crippen LogP contribution is -1.99. The van der Waals surface area contributed by atoms with E-state index in [1.54, 1.807) is 0 Å². The predicted octanol–water partition coefficient (Wildman–Crippen LogP) is 1.32. The standard InChI is InChI=1S/C7H6BrN3O/c1-3-4(8)2-5-6(9-3)11-7(12)10-5/h2H,1H3,(H2,9,10,11,12). The molecule has 0 aromatic carbocycles. The number of pyridine rings is 1. The van der Waals surface area contributed by atoms with Crippen LogP contribution in [0.2, 0.25) is 0 Å². The number of nitrogens with zero attached hydrogens (tertiary/aromatic N) is 1. The average Bonchev–Trinajstić information content (AvgIpc) is 2.30. The Bertz CT molecular complexity index is 443. The molecule has 12 heavy (non-hydrogen) atoms. The number of aromatic amines is 2. The van der Waals surface area contributed by atoms with Crippen molar-refractivity contribution < 1.29 is 0 Å². The zero-order valence-corrected chi connectivity index (χ0v) is 7.90. The number of nitrogens with one attached hydrogen (secondary N) is 2. The predicted molar refractivity (Wildman–Crippen MR) is 49.2 cm³/mol. The minimum atomic E-state index is -0.227. The third-order valence-corrected chi connectivity index (χ3v) is 2.43. The lowest BCUT2D eigenvalue weighted by molar-refractivity contribution is 1.17. The van der Waals surface area contributed by atoms with Crippen LogP contribution in [0.25, 0.3) is 11.2 Å². The molecule has 0 unspecified atom stereocenters. The van der Waals surface area contributed by atoms with E-state index in [0.717, 1.165) is 15.7 Å². The Kier molecular flexibility index (Phi) is 1.54. The van der Waals surface area contributed by atoms with E-state index in [0.29, 0.717) is 5.65 Å².